The smallest absolute Gasteiger partial charge is 0.226 e. The molecule has 0 aromatic rings. The monoisotopic (exact) mass is 556 g/mol. The van der Waals surface area contributed by atoms with Crippen LogP contribution in [0.4, 0.5) is 0 Å². The minimum Gasteiger partial charge on any atom is -0.380 e. The number of rotatable bonds is 18. The highest BCUT2D eigenvalue weighted by molar-refractivity contribution is 8.24. The minimum absolute atomic E-state index is 0.0445. The molecule has 36 heavy (non-hydrogen) atoms. The van der Waals surface area contributed by atoms with E-state index in [4.69, 9.17) is 15.2 Å². The molecule has 0 aliphatic carbocycles. The van der Waals surface area contributed by atoms with E-state index in [1.165, 1.54) is 0 Å². The summed E-state index contributed by atoms with van der Waals surface area (Å²) in [6, 6.07) is 0. The van der Waals surface area contributed by atoms with Crippen LogP contribution in [0, 0.1) is 11.3 Å². The van der Waals surface area contributed by atoms with E-state index < -0.39 is 16.3 Å². The third kappa shape index (κ3) is 18.3. The second-order valence-corrected chi connectivity index (χ2v) is 16.2. The summed E-state index contributed by atoms with van der Waals surface area (Å²) >= 11 is 1.93. The van der Waals surface area contributed by atoms with Crippen LogP contribution in [0.2, 0.25) is 0 Å². The van der Waals surface area contributed by atoms with Gasteiger partial charge in [-0.15, -0.1) is 0 Å². The number of hydrogen-bond acceptors (Lipinski definition) is 7. The second kappa shape index (κ2) is 17.5. The van der Waals surface area contributed by atoms with Crippen LogP contribution in [0.25, 0.3) is 0 Å². The van der Waals surface area contributed by atoms with Crippen molar-refractivity contribution >= 4 is 28.3 Å². The van der Waals surface area contributed by atoms with Crippen LogP contribution in [0.3, 0.4) is 0 Å². The molecule has 0 aliphatic rings. The lowest BCUT2D eigenvalue weighted by molar-refractivity contribution is -0.139. The molecule has 0 saturated heterocycles. The van der Waals surface area contributed by atoms with Gasteiger partial charge >= 0.3 is 0 Å². The Hall–Kier alpha value is -0.0300. The normalized spacial score (nSPS) is 15.7. The van der Waals surface area contributed by atoms with Gasteiger partial charge in [0.25, 0.3) is 0 Å². The van der Waals surface area contributed by atoms with Crippen molar-refractivity contribution in [2.24, 2.45) is 17.1 Å². The van der Waals surface area contributed by atoms with E-state index >= 15 is 0 Å². The zero-order valence-corrected chi connectivity index (χ0v) is 27.1. The molecule has 0 rings (SSSR count). The summed E-state index contributed by atoms with van der Waals surface area (Å²) in [5.74, 6) is 1.45. The number of carbonyl (C=O) groups is 1. The summed E-state index contributed by atoms with van der Waals surface area (Å²) in [5.41, 5.74) is 5.03. The van der Waals surface area contributed by atoms with Crippen molar-refractivity contribution in [3.05, 3.63) is 0 Å². The SMILES string of the molecule is CC.CCCSC(C)(C)CCOC(C)(N)CC(=O)N(C)CC(C)(C)COCC(C)CS(O)(O)C(C)C. The maximum absolute atomic E-state index is 12.8. The highest BCUT2D eigenvalue weighted by Gasteiger charge is 2.30. The van der Waals surface area contributed by atoms with Crippen LogP contribution < -0.4 is 5.73 Å². The Morgan fingerprint density at radius 3 is 2.17 bits per heavy atom. The molecule has 9 heteroatoms. The molecule has 0 aromatic carbocycles. The van der Waals surface area contributed by atoms with Gasteiger partial charge < -0.3 is 20.1 Å². The Morgan fingerprint density at radius 1 is 1.11 bits per heavy atom. The summed E-state index contributed by atoms with van der Waals surface area (Å²) in [5, 5.41) is -0.158. The Morgan fingerprint density at radius 2 is 1.67 bits per heavy atom. The van der Waals surface area contributed by atoms with Gasteiger partial charge in [0, 0.05) is 34.8 Å². The van der Waals surface area contributed by atoms with Crippen molar-refractivity contribution in [3.8, 4) is 0 Å². The molecule has 0 heterocycles. The largest absolute Gasteiger partial charge is 0.380 e. The van der Waals surface area contributed by atoms with Crippen molar-refractivity contribution in [1.29, 1.82) is 0 Å². The standard InChI is InChI=1S/C25H54N2O5S2.C2H6/c1-11-14-33-24(7,8)12-13-32-25(9,26)15-22(28)27(10)18-23(5,6)19-31-16-21(4)17-34(29,30)20(2)3;1-2/h20-21,29-30H,11-19,26H2,1-10H3;1-2H3. The van der Waals surface area contributed by atoms with Gasteiger partial charge in [-0.25, -0.2) is 0 Å². The van der Waals surface area contributed by atoms with Crippen LogP contribution in [0.1, 0.15) is 95.4 Å². The van der Waals surface area contributed by atoms with Gasteiger partial charge in [-0.3, -0.25) is 13.9 Å². The summed E-state index contributed by atoms with van der Waals surface area (Å²) in [6.45, 7) is 24.0. The lowest BCUT2D eigenvalue weighted by atomic mass is 9.94. The first-order chi connectivity index (χ1) is 16.3. The number of nitrogens with two attached hydrogens (primary N) is 1. The molecule has 0 aromatic heterocycles. The van der Waals surface area contributed by atoms with Crippen LogP contribution in [0.5, 0.6) is 0 Å². The van der Waals surface area contributed by atoms with E-state index in [0.29, 0.717) is 32.1 Å². The van der Waals surface area contributed by atoms with Crippen molar-refractivity contribution < 1.29 is 23.4 Å². The maximum atomic E-state index is 12.8. The van der Waals surface area contributed by atoms with Crippen LogP contribution in [-0.2, 0) is 14.3 Å². The molecule has 2 unspecified atom stereocenters. The van der Waals surface area contributed by atoms with Gasteiger partial charge in [0.15, 0.2) is 0 Å². The fraction of sp³-hybridized carbons (Fsp3) is 0.963. The number of ether oxygens (including phenoxy) is 2. The van der Waals surface area contributed by atoms with Gasteiger partial charge in [-0.2, -0.15) is 22.4 Å². The Labute approximate surface area is 229 Å². The third-order valence-corrected chi connectivity index (χ3v) is 9.77. The molecule has 0 saturated carbocycles. The summed E-state index contributed by atoms with van der Waals surface area (Å²) in [6.07, 6.45) is 2.15. The van der Waals surface area contributed by atoms with E-state index in [1.54, 1.807) is 18.9 Å². The van der Waals surface area contributed by atoms with Gasteiger partial charge in [0.2, 0.25) is 5.91 Å². The topological polar surface area (TPSA) is 105 Å². The Balaban J connectivity index is 0. The summed E-state index contributed by atoms with van der Waals surface area (Å²) in [4.78, 5) is 14.5. The van der Waals surface area contributed by atoms with Gasteiger partial charge in [-0.1, -0.05) is 55.4 Å². The average molecular weight is 557 g/mol. The van der Waals surface area contributed by atoms with Crippen LogP contribution in [-0.4, -0.2) is 80.6 Å². The number of amides is 1. The molecule has 1 amide bonds. The summed E-state index contributed by atoms with van der Waals surface area (Å²) in [7, 11) is -0.805. The van der Waals surface area contributed by atoms with Crippen molar-refractivity contribution in [2.45, 2.75) is 111 Å². The first kappa shape index (κ1) is 38.1. The van der Waals surface area contributed by atoms with E-state index in [1.807, 2.05) is 46.4 Å². The fourth-order valence-corrected chi connectivity index (χ4v) is 5.74. The zero-order chi connectivity index (χ0) is 28.8. The average Bonchev–Trinajstić information content (AvgIpc) is 2.72. The molecular formula is C27H60N2O5S2. The van der Waals surface area contributed by atoms with Gasteiger partial charge in [0.05, 0.1) is 26.2 Å². The Kier molecular flexibility index (Phi) is 18.6. The predicted octanol–water partition coefficient (Wildman–Crippen LogP) is 6.70. The molecule has 0 fully saturated rings. The molecule has 4 N–H and O–H groups in total. The van der Waals surface area contributed by atoms with E-state index in [2.05, 4.69) is 34.6 Å². The Bertz CT molecular complexity index is 599. The lowest BCUT2D eigenvalue weighted by Gasteiger charge is -2.38. The third-order valence-electron chi connectivity index (χ3n) is 5.61. The number of thioether (sulfide) groups is 1. The second-order valence-electron chi connectivity index (χ2n) is 11.7. The quantitative estimate of drug-likeness (QED) is 0.161. The molecule has 0 spiro atoms. The van der Waals surface area contributed by atoms with Gasteiger partial charge in [-0.05, 0) is 45.3 Å². The maximum Gasteiger partial charge on any atom is 0.226 e. The predicted molar refractivity (Wildman–Crippen MR) is 160 cm³/mol. The van der Waals surface area contributed by atoms with Crippen molar-refractivity contribution in [3.63, 3.8) is 0 Å². The first-order valence-corrected chi connectivity index (χ1v) is 16.2. The molecular weight excluding hydrogens is 496 g/mol. The van der Waals surface area contributed by atoms with Crippen molar-refractivity contribution in [2.75, 3.05) is 44.9 Å². The van der Waals surface area contributed by atoms with Crippen LogP contribution in [0.15, 0.2) is 0 Å². The van der Waals surface area contributed by atoms with E-state index in [-0.39, 0.29) is 33.7 Å². The molecule has 7 nitrogen and oxygen atoms in total. The number of nitrogens with zero attached hydrogens (tertiary/aromatic N) is 1. The zero-order valence-electron chi connectivity index (χ0n) is 25.5. The summed E-state index contributed by atoms with van der Waals surface area (Å²) < 4.78 is 32.2. The van der Waals surface area contributed by atoms with E-state index in [9.17, 15) is 13.9 Å². The minimum atomic E-state index is -2.59. The highest BCUT2D eigenvalue weighted by atomic mass is 32.3. The highest BCUT2D eigenvalue weighted by Crippen LogP contribution is 2.45. The number of carbonyl (C=O) groups excluding carboxylic acids is 1. The number of hydrogen-bond donors (Lipinski definition) is 3. The molecule has 2 atom stereocenters. The van der Waals surface area contributed by atoms with Crippen LogP contribution >= 0.6 is 22.4 Å². The molecule has 220 valence electrons. The van der Waals surface area contributed by atoms with E-state index in [0.717, 1.165) is 18.6 Å². The first-order valence-electron chi connectivity index (χ1n) is 13.5. The van der Waals surface area contributed by atoms with Crippen molar-refractivity contribution in [1.82, 2.24) is 4.90 Å². The molecule has 0 aliphatic heterocycles. The lowest BCUT2D eigenvalue weighted by Crippen LogP contribution is -2.47. The fourth-order valence-electron chi connectivity index (χ4n) is 3.44. The van der Waals surface area contributed by atoms with Gasteiger partial charge in [0.1, 0.15) is 5.72 Å². The molecule has 0 bridgehead atoms. The molecule has 0 radical (unpaired) electrons.